The van der Waals surface area contributed by atoms with Gasteiger partial charge in [-0.15, -0.1) is 0 Å². The number of methoxy groups -OCH3 is 1. The normalized spacial score (nSPS) is 12.8. The number of sulfonamides is 1. The number of esters is 1. The minimum atomic E-state index is -3.65. The molecule has 0 spiro atoms. The van der Waals surface area contributed by atoms with Gasteiger partial charge in [0.2, 0.25) is 10.0 Å². The van der Waals surface area contributed by atoms with E-state index in [4.69, 9.17) is 0 Å². The highest BCUT2D eigenvalue weighted by molar-refractivity contribution is 7.89. The summed E-state index contributed by atoms with van der Waals surface area (Å²) in [4.78, 5) is 15.3. The SMILES string of the molecule is COC(=O)c1ccc(S(=O)(=O)N[C@H](C)Cn2ccnc2)cc1. The van der Waals surface area contributed by atoms with Gasteiger partial charge in [0.1, 0.15) is 0 Å². The molecule has 8 heteroatoms. The van der Waals surface area contributed by atoms with Crippen LogP contribution in [-0.4, -0.2) is 37.1 Å². The molecule has 0 saturated carbocycles. The average molecular weight is 323 g/mol. The van der Waals surface area contributed by atoms with Crippen LogP contribution in [0, 0.1) is 0 Å². The lowest BCUT2D eigenvalue weighted by atomic mass is 10.2. The Labute approximate surface area is 129 Å². The molecular formula is C14H17N3O4S. The summed E-state index contributed by atoms with van der Waals surface area (Å²) in [5.74, 6) is -0.509. The lowest BCUT2D eigenvalue weighted by Gasteiger charge is -2.14. The third-order valence-corrected chi connectivity index (χ3v) is 4.59. The molecule has 0 fully saturated rings. The molecule has 0 saturated heterocycles. The number of nitrogens with one attached hydrogen (secondary N) is 1. The van der Waals surface area contributed by atoms with E-state index >= 15 is 0 Å². The molecule has 118 valence electrons. The van der Waals surface area contributed by atoms with E-state index in [2.05, 4.69) is 14.4 Å². The summed E-state index contributed by atoms with van der Waals surface area (Å²) in [5, 5.41) is 0. The summed E-state index contributed by atoms with van der Waals surface area (Å²) in [6, 6.07) is 5.28. The zero-order valence-electron chi connectivity index (χ0n) is 12.3. The number of rotatable bonds is 6. The monoisotopic (exact) mass is 323 g/mol. The second-order valence-corrected chi connectivity index (χ2v) is 6.51. The smallest absolute Gasteiger partial charge is 0.337 e. The summed E-state index contributed by atoms with van der Waals surface area (Å²) < 4.78 is 33.5. The predicted octanol–water partition coefficient (Wildman–Crippen LogP) is 1.04. The number of carbonyl (C=O) groups is 1. The van der Waals surface area contributed by atoms with Crippen LogP contribution in [0.3, 0.4) is 0 Å². The summed E-state index contributed by atoms with van der Waals surface area (Å²) in [7, 11) is -2.38. The van der Waals surface area contributed by atoms with Gasteiger partial charge in [-0.25, -0.2) is 22.9 Å². The van der Waals surface area contributed by atoms with E-state index in [1.54, 1.807) is 30.2 Å². The fourth-order valence-corrected chi connectivity index (χ4v) is 3.20. The zero-order valence-corrected chi connectivity index (χ0v) is 13.1. The largest absolute Gasteiger partial charge is 0.465 e. The first-order valence-corrected chi connectivity index (χ1v) is 8.07. The minimum absolute atomic E-state index is 0.0950. The van der Waals surface area contributed by atoms with E-state index in [1.165, 1.54) is 31.4 Å². The van der Waals surface area contributed by atoms with Gasteiger partial charge < -0.3 is 9.30 Å². The second-order valence-electron chi connectivity index (χ2n) is 4.80. The predicted molar refractivity (Wildman–Crippen MR) is 79.8 cm³/mol. The lowest BCUT2D eigenvalue weighted by molar-refractivity contribution is 0.0600. The first-order chi connectivity index (χ1) is 10.4. The fourth-order valence-electron chi connectivity index (χ4n) is 1.97. The molecule has 1 aromatic carbocycles. The summed E-state index contributed by atoms with van der Waals surface area (Å²) in [5.41, 5.74) is 0.299. The molecule has 2 aromatic rings. The lowest BCUT2D eigenvalue weighted by Crippen LogP contribution is -2.35. The van der Waals surface area contributed by atoms with Gasteiger partial charge in [0.25, 0.3) is 0 Å². The van der Waals surface area contributed by atoms with E-state index in [0.717, 1.165) is 0 Å². The van der Waals surface area contributed by atoms with Crippen molar-refractivity contribution in [3.63, 3.8) is 0 Å². The van der Waals surface area contributed by atoms with E-state index in [1.807, 2.05) is 0 Å². The molecule has 1 N–H and O–H groups in total. The molecule has 0 aliphatic carbocycles. The first kappa shape index (κ1) is 16.2. The topological polar surface area (TPSA) is 90.3 Å². The number of ether oxygens (including phenoxy) is 1. The van der Waals surface area contributed by atoms with Crippen LogP contribution in [0.4, 0.5) is 0 Å². The molecule has 22 heavy (non-hydrogen) atoms. The quantitative estimate of drug-likeness (QED) is 0.802. The zero-order chi connectivity index (χ0) is 16.2. The van der Waals surface area contributed by atoms with Gasteiger partial charge in [-0.05, 0) is 31.2 Å². The second kappa shape index (κ2) is 6.71. The van der Waals surface area contributed by atoms with Crippen molar-refractivity contribution in [2.45, 2.75) is 24.4 Å². The Morgan fingerprint density at radius 3 is 2.59 bits per heavy atom. The number of hydrogen-bond acceptors (Lipinski definition) is 5. The van der Waals surface area contributed by atoms with Crippen molar-refractivity contribution in [3.8, 4) is 0 Å². The molecule has 0 unspecified atom stereocenters. The number of carbonyl (C=O) groups excluding carboxylic acids is 1. The Kier molecular flexibility index (Phi) is 4.94. The van der Waals surface area contributed by atoms with Gasteiger partial charge in [0, 0.05) is 25.0 Å². The Morgan fingerprint density at radius 2 is 2.05 bits per heavy atom. The van der Waals surface area contributed by atoms with Gasteiger partial charge in [-0.3, -0.25) is 0 Å². The highest BCUT2D eigenvalue weighted by Gasteiger charge is 2.18. The minimum Gasteiger partial charge on any atom is -0.465 e. The van der Waals surface area contributed by atoms with Gasteiger partial charge in [-0.1, -0.05) is 0 Å². The Morgan fingerprint density at radius 1 is 1.36 bits per heavy atom. The van der Waals surface area contributed by atoms with Crippen LogP contribution in [0.5, 0.6) is 0 Å². The van der Waals surface area contributed by atoms with Crippen molar-refractivity contribution >= 4 is 16.0 Å². The summed E-state index contributed by atoms with van der Waals surface area (Å²) in [6.45, 7) is 2.24. The van der Waals surface area contributed by atoms with Crippen molar-refractivity contribution in [2.24, 2.45) is 0 Å². The van der Waals surface area contributed by atoms with E-state index in [0.29, 0.717) is 12.1 Å². The van der Waals surface area contributed by atoms with Crippen molar-refractivity contribution in [2.75, 3.05) is 7.11 Å². The standard InChI is InChI=1S/C14H17N3O4S/c1-11(9-17-8-7-15-10-17)16-22(19,20)13-5-3-12(4-6-13)14(18)21-2/h3-8,10-11,16H,9H2,1-2H3/t11-/m1/s1. The molecule has 7 nitrogen and oxygen atoms in total. The van der Waals surface area contributed by atoms with Gasteiger partial charge >= 0.3 is 5.97 Å². The molecule has 1 heterocycles. The molecule has 0 aliphatic rings. The van der Waals surface area contributed by atoms with Crippen molar-refractivity contribution in [1.82, 2.24) is 14.3 Å². The first-order valence-electron chi connectivity index (χ1n) is 6.59. The molecular weight excluding hydrogens is 306 g/mol. The number of imidazole rings is 1. The molecule has 0 aliphatic heterocycles. The molecule has 0 amide bonds. The highest BCUT2D eigenvalue weighted by atomic mass is 32.2. The van der Waals surface area contributed by atoms with Crippen LogP contribution in [0.2, 0.25) is 0 Å². The van der Waals surface area contributed by atoms with Crippen LogP contribution in [0.1, 0.15) is 17.3 Å². The van der Waals surface area contributed by atoms with Crippen LogP contribution < -0.4 is 4.72 Å². The van der Waals surface area contributed by atoms with Crippen LogP contribution in [-0.2, 0) is 21.3 Å². The average Bonchev–Trinajstić information content (AvgIpc) is 2.98. The third-order valence-electron chi connectivity index (χ3n) is 2.99. The molecule has 1 atom stereocenters. The van der Waals surface area contributed by atoms with Crippen LogP contribution in [0.25, 0.3) is 0 Å². The molecule has 0 bridgehead atoms. The van der Waals surface area contributed by atoms with E-state index in [9.17, 15) is 13.2 Å². The number of nitrogens with zero attached hydrogens (tertiary/aromatic N) is 2. The molecule has 2 rings (SSSR count). The molecule has 0 radical (unpaired) electrons. The van der Waals surface area contributed by atoms with Crippen molar-refractivity contribution in [3.05, 3.63) is 48.5 Å². The Hall–Kier alpha value is -2.19. The maximum absolute atomic E-state index is 12.3. The van der Waals surface area contributed by atoms with Gasteiger partial charge in [-0.2, -0.15) is 0 Å². The third kappa shape index (κ3) is 3.92. The van der Waals surface area contributed by atoms with E-state index in [-0.39, 0.29) is 10.9 Å². The number of hydrogen-bond donors (Lipinski definition) is 1. The maximum atomic E-state index is 12.3. The Bertz CT molecular complexity index is 724. The molecule has 1 aromatic heterocycles. The van der Waals surface area contributed by atoms with Gasteiger partial charge in [0.15, 0.2) is 0 Å². The van der Waals surface area contributed by atoms with Gasteiger partial charge in [0.05, 0.1) is 23.9 Å². The fraction of sp³-hybridized carbons (Fsp3) is 0.286. The van der Waals surface area contributed by atoms with Crippen molar-refractivity contribution in [1.29, 1.82) is 0 Å². The number of benzene rings is 1. The van der Waals surface area contributed by atoms with E-state index < -0.39 is 16.0 Å². The van der Waals surface area contributed by atoms with Crippen LogP contribution >= 0.6 is 0 Å². The van der Waals surface area contributed by atoms with Crippen LogP contribution in [0.15, 0.2) is 47.9 Å². The maximum Gasteiger partial charge on any atom is 0.337 e. The summed E-state index contributed by atoms with van der Waals surface area (Å²) in [6.07, 6.45) is 5.01. The Balaban J connectivity index is 2.07. The highest BCUT2D eigenvalue weighted by Crippen LogP contribution is 2.12. The summed E-state index contributed by atoms with van der Waals surface area (Å²) >= 11 is 0. The van der Waals surface area contributed by atoms with Crippen molar-refractivity contribution < 1.29 is 17.9 Å². The number of aromatic nitrogens is 2.